The van der Waals surface area contributed by atoms with Crippen LogP contribution in [0.25, 0.3) is 0 Å². The summed E-state index contributed by atoms with van der Waals surface area (Å²) in [6.07, 6.45) is -0.634. The van der Waals surface area contributed by atoms with Crippen molar-refractivity contribution in [3.8, 4) is 17.2 Å². The molecule has 9 N–H and O–H groups in total. The number of aliphatic hydroxyl groups is 4. The highest BCUT2D eigenvalue weighted by molar-refractivity contribution is 7.27. The Bertz CT molecular complexity index is 1400. The number of benzene rings is 2. The van der Waals surface area contributed by atoms with Crippen molar-refractivity contribution < 1.29 is 54.9 Å². The normalized spacial score (nSPS) is 15.5. The topological polar surface area (TPSA) is 233 Å². The third kappa shape index (κ3) is 7.69. The van der Waals surface area contributed by atoms with Crippen molar-refractivity contribution in [2.75, 3.05) is 38.7 Å². The van der Waals surface area contributed by atoms with Gasteiger partial charge in [-0.05, 0) is 16.4 Å². The van der Waals surface area contributed by atoms with Gasteiger partial charge in [0.15, 0.2) is 23.8 Å². The Balaban J connectivity index is 0.00000177. The Morgan fingerprint density at radius 3 is 2.20 bits per heavy atom. The molecule has 2 amide bonds. The Labute approximate surface area is 269 Å². The number of phenols is 3. The van der Waals surface area contributed by atoms with Gasteiger partial charge in [-0.1, -0.05) is 45.9 Å². The maximum Gasteiger partial charge on any atom is 0.279 e. The van der Waals surface area contributed by atoms with Gasteiger partial charge in [0.05, 0.1) is 31.0 Å². The monoisotopic (exact) mass is 668 g/mol. The number of hydrogen-bond donors (Lipinski definition) is 9. The van der Waals surface area contributed by atoms with Crippen molar-refractivity contribution in [1.29, 1.82) is 0 Å². The molecule has 0 spiro atoms. The largest absolute Gasteiger partial charge is 0.504 e. The van der Waals surface area contributed by atoms with E-state index in [2.05, 4.69) is 19.5 Å². The minimum absolute atomic E-state index is 0.0689. The van der Waals surface area contributed by atoms with Crippen molar-refractivity contribution in [2.45, 2.75) is 64.9 Å². The Morgan fingerprint density at radius 1 is 1.04 bits per heavy atom. The number of rotatable bonds is 10. The number of carbonyl (C=O) groups is 3. The van der Waals surface area contributed by atoms with Gasteiger partial charge in [0.2, 0.25) is 11.7 Å². The van der Waals surface area contributed by atoms with Crippen molar-refractivity contribution >= 4 is 38.3 Å². The summed E-state index contributed by atoms with van der Waals surface area (Å²) in [5.41, 5.74) is 0.895. The fourth-order valence-corrected chi connectivity index (χ4v) is 5.42. The lowest BCUT2D eigenvalue weighted by Crippen LogP contribution is -2.70. The number of fused-ring (bicyclic) bond motifs is 1. The highest BCUT2D eigenvalue weighted by atomic mass is 31.0. The van der Waals surface area contributed by atoms with Crippen LogP contribution >= 0.6 is 9.24 Å². The van der Waals surface area contributed by atoms with Crippen LogP contribution in [0.3, 0.4) is 0 Å². The summed E-state index contributed by atoms with van der Waals surface area (Å²) in [6.45, 7) is 11.1. The molecule has 46 heavy (non-hydrogen) atoms. The minimum Gasteiger partial charge on any atom is -0.504 e. The van der Waals surface area contributed by atoms with Crippen molar-refractivity contribution in [1.82, 2.24) is 15.1 Å². The number of ether oxygens (including phenoxy) is 1. The van der Waals surface area contributed by atoms with Crippen LogP contribution in [0.4, 0.5) is 5.69 Å². The molecule has 0 aliphatic carbocycles. The average molecular weight is 669 g/mol. The van der Waals surface area contributed by atoms with Crippen LogP contribution in [0.1, 0.15) is 54.7 Å². The summed E-state index contributed by atoms with van der Waals surface area (Å²) >= 11 is 0. The molecule has 2 unspecified atom stereocenters. The van der Waals surface area contributed by atoms with E-state index in [-0.39, 0.29) is 17.8 Å². The quantitative estimate of drug-likeness (QED) is 0.0508. The summed E-state index contributed by atoms with van der Waals surface area (Å²) < 4.78 is 5.38. The zero-order valence-corrected chi connectivity index (χ0v) is 27.7. The molecule has 2 aliphatic rings. The maximum absolute atomic E-state index is 13.4. The SMILES string of the molecule is CC.CC.CNC(=O)C(N1Cc2c(NCc3ccc(CN4CCOCC4)cc3P)c(O)c(O)c(O)c2C1=O)C(O)(O)C(O)(O)C=O. The molecular formula is C30H45N4O11P. The molecule has 2 aliphatic heterocycles. The summed E-state index contributed by atoms with van der Waals surface area (Å²) in [4.78, 5) is 39.9. The van der Waals surface area contributed by atoms with Crippen LogP contribution < -0.4 is 15.9 Å². The van der Waals surface area contributed by atoms with Gasteiger partial charge in [-0.3, -0.25) is 19.3 Å². The van der Waals surface area contributed by atoms with Gasteiger partial charge in [0.25, 0.3) is 17.5 Å². The summed E-state index contributed by atoms with van der Waals surface area (Å²) in [5.74, 6) is -13.3. The van der Waals surface area contributed by atoms with E-state index in [1.54, 1.807) is 0 Å². The molecule has 2 heterocycles. The van der Waals surface area contributed by atoms with Gasteiger partial charge < -0.3 is 56.0 Å². The molecule has 0 radical (unpaired) electrons. The third-order valence-corrected chi connectivity index (χ3v) is 7.94. The summed E-state index contributed by atoms with van der Waals surface area (Å²) in [5, 5.41) is 78.2. The van der Waals surface area contributed by atoms with Gasteiger partial charge >= 0.3 is 0 Å². The molecule has 0 bridgehead atoms. The molecule has 4 rings (SSSR count). The van der Waals surface area contributed by atoms with E-state index in [9.17, 15) is 50.1 Å². The van der Waals surface area contributed by atoms with Crippen LogP contribution in [0.2, 0.25) is 0 Å². The predicted molar refractivity (Wildman–Crippen MR) is 171 cm³/mol. The van der Waals surface area contributed by atoms with Crippen molar-refractivity contribution in [2.24, 2.45) is 0 Å². The number of amides is 2. The van der Waals surface area contributed by atoms with Crippen molar-refractivity contribution in [3.63, 3.8) is 0 Å². The lowest BCUT2D eigenvalue weighted by molar-refractivity contribution is -0.345. The number of aldehydes is 1. The number of carbonyl (C=O) groups excluding carboxylic acids is 3. The van der Waals surface area contributed by atoms with Gasteiger partial charge in [-0.2, -0.15) is 0 Å². The molecule has 0 saturated carbocycles. The van der Waals surface area contributed by atoms with Crippen LogP contribution in [0.5, 0.6) is 17.2 Å². The fraction of sp³-hybridized carbons (Fsp3) is 0.500. The lowest BCUT2D eigenvalue weighted by Gasteiger charge is -2.40. The Kier molecular flexibility index (Phi) is 13.7. The van der Waals surface area contributed by atoms with Crippen LogP contribution in [-0.2, 0) is 34.0 Å². The molecule has 1 saturated heterocycles. The first-order chi connectivity index (χ1) is 21.7. The second-order valence-corrected chi connectivity index (χ2v) is 10.7. The highest BCUT2D eigenvalue weighted by Gasteiger charge is 2.60. The predicted octanol–water partition coefficient (Wildman–Crippen LogP) is -0.568. The number of phenolic OH excluding ortho intramolecular Hbond substituents is 3. The molecule has 16 heteroatoms. The van der Waals surface area contributed by atoms with Gasteiger partial charge in [0.1, 0.15) is 0 Å². The highest BCUT2D eigenvalue weighted by Crippen LogP contribution is 2.50. The fourth-order valence-electron chi connectivity index (χ4n) is 5.00. The molecule has 2 atom stereocenters. The maximum atomic E-state index is 13.4. The number of likely N-dealkylation sites (N-methyl/N-ethyl adjacent to an activating group) is 1. The minimum atomic E-state index is -3.92. The smallest absolute Gasteiger partial charge is 0.279 e. The zero-order valence-electron chi connectivity index (χ0n) is 26.6. The van der Waals surface area contributed by atoms with Crippen LogP contribution in [0, 0.1) is 0 Å². The Hall–Kier alpha value is -3.56. The summed E-state index contributed by atoms with van der Waals surface area (Å²) in [6, 6.07) is 3.27. The van der Waals surface area contributed by atoms with E-state index in [4.69, 9.17) is 4.74 Å². The second-order valence-electron chi connectivity index (χ2n) is 10.1. The summed E-state index contributed by atoms with van der Waals surface area (Å²) in [7, 11) is 3.68. The van der Waals surface area contributed by atoms with E-state index in [1.807, 2.05) is 51.2 Å². The number of anilines is 1. The first-order valence-electron chi connectivity index (χ1n) is 14.8. The zero-order chi connectivity index (χ0) is 35.0. The van der Waals surface area contributed by atoms with E-state index in [0.29, 0.717) is 18.1 Å². The molecule has 15 nitrogen and oxygen atoms in total. The van der Waals surface area contributed by atoms with E-state index >= 15 is 0 Å². The molecule has 2 aromatic carbocycles. The number of nitrogens with zero attached hydrogens (tertiary/aromatic N) is 2. The van der Waals surface area contributed by atoms with Gasteiger partial charge in [0, 0.05) is 38.8 Å². The number of aromatic hydroxyl groups is 3. The van der Waals surface area contributed by atoms with E-state index in [0.717, 1.165) is 43.1 Å². The molecule has 2 aromatic rings. The van der Waals surface area contributed by atoms with E-state index in [1.165, 1.54) is 0 Å². The second kappa shape index (κ2) is 16.3. The first-order valence-corrected chi connectivity index (χ1v) is 15.4. The standard InChI is InChI=1S/C26H33N4O11P.2C2H6/c1-27-23(35)22(26(39,40)25(37,38)12-31)30-11-15-17(24(30)36)19(32)21(34)20(33)18(15)28-9-14-3-2-13(8-16(14)42)10-29-4-6-41-7-5-29;2*1-2/h2-3,8,12,22,28,32-34,37-40H,4-7,9-11,42H2,1H3,(H,27,35);2*1-2H3. The molecular weight excluding hydrogens is 623 g/mol. The van der Waals surface area contributed by atoms with Crippen molar-refractivity contribution in [3.05, 3.63) is 40.5 Å². The first kappa shape index (κ1) is 38.6. The number of nitrogens with one attached hydrogen (secondary N) is 2. The van der Waals surface area contributed by atoms with Crippen LogP contribution in [0.15, 0.2) is 18.2 Å². The van der Waals surface area contributed by atoms with E-state index < -0.39 is 65.1 Å². The van der Waals surface area contributed by atoms with Crippen LogP contribution in [-0.4, -0.2) is 115 Å². The number of hydrogen-bond acceptors (Lipinski definition) is 13. The average Bonchev–Trinajstić information content (AvgIpc) is 3.38. The number of morpholine rings is 1. The molecule has 0 aromatic heterocycles. The molecule has 1 fully saturated rings. The third-order valence-electron chi connectivity index (χ3n) is 7.40. The molecule has 256 valence electrons. The van der Waals surface area contributed by atoms with Gasteiger partial charge in [-0.15, -0.1) is 9.24 Å². The van der Waals surface area contributed by atoms with Gasteiger partial charge in [-0.25, -0.2) is 0 Å². The Morgan fingerprint density at radius 2 is 1.65 bits per heavy atom. The lowest BCUT2D eigenvalue weighted by atomic mass is 9.96.